The van der Waals surface area contributed by atoms with Gasteiger partial charge in [0.25, 0.3) is 0 Å². The van der Waals surface area contributed by atoms with Crippen molar-refractivity contribution in [3.63, 3.8) is 0 Å². The van der Waals surface area contributed by atoms with Crippen LogP contribution in [0.2, 0.25) is 0 Å². The third-order valence-electron chi connectivity index (χ3n) is 2.00. The van der Waals surface area contributed by atoms with Gasteiger partial charge in [-0.2, -0.15) is 4.39 Å². The van der Waals surface area contributed by atoms with E-state index in [0.29, 0.717) is 5.56 Å². The lowest BCUT2D eigenvalue weighted by Gasteiger charge is -2.02. The molecule has 2 nitrogen and oxygen atoms in total. The summed E-state index contributed by atoms with van der Waals surface area (Å²) in [5, 5.41) is 8.44. The van der Waals surface area contributed by atoms with Crippen molar-refractivity contribution in [2.24, 2.45) is 0 Å². The van der Waals surface area contributed by atoms with Crippen molar-refractivity contribution in [1.29, 1.82) is 0 Å². The van der Waals surface area contributed by atoms with Gasteiger partial charge < -0.3 is 5.11 Å². The van der Waals surface area contributed by atoms with E-state index in [1.807, 2.05) is 19.1 Å². The third kappa shape index (κ3) is 2.19. The quantitative estimate of drug-likeness (QED) is 0.735. The van der Waals surface area contributed by atoms with Crippen LogP contribution in [0.15, 0.2) is 30.1 Å². The predicted octanol–water partition coefficient (Wildman–Crippen LogP) is 2.78. The fourth-order valence-electron chi connectivity index (χ4n) is 1.09. The van der Waals surface area contributed by atoms with E-state index < -0.39 is 11.8 Å². The summed E-state index contributed by atoms with van der Waals surface area (Å²) >= 11 is 0. The van der Waals surface area contributed by atoms with E-state index in [2.05, 4.69) is 0 Å². The van der Waals surface area contributed by atoms with Crippen LogP contribution >= 0.6 is 0 Å². The molecule has 0 spiro atoms. The highest BCUT2D eigenvalue weighted by Crippen LogP contribution is 2.19. The molecule has 1 aromatic carbocycles. The number of aryl methyl sites for hydroxylation is 1. The van der Waals surface area contributed by atoms with Crippen molar-refractivity contribution < 1.29 is 14.3 Å². The summed E-state index contributed by atoms with van der Waals surface area (Å²) < 4.78 is 13.0. The molecule has 0 amide bonds. The lowest BCUT2D eigenvalue weighted by Crippen LogP contribution is -1.97. The fraction of sp³-hybridized carbons (Fsp3) is 0.182. The summed E-state index contributed by atoms with van der Waals surface area (Å²) in [6.07, 6.45) is 0. The predicted molar refractivity (Wildman–Crippen MR) is 52.5 cm³/mol. The van der Waals surface area contributed by atoms with E-state index >= 15 is 0 Å². The molecule has 0 unspecified atom stereocenters. The van der Waals surface area contributed by atoms with Crippen LogP contribution < -0.4 is 0 Å². The minimum absolute atomic E-state index is 0.150. The van der Waals surface area contributed by atoms with Gasteiger partial charge >= 0.3 is 5.97 Å². The van der Waals surface area contributed by atoms with E-state index in [9.17, 15) is 9.18 Å². The lowest BCUT2D eigenvalue weighted by atomic mass is 10.1. The maximum absolute atomic E-state index is 13.0. The van der Waals surface area contributed by atoms with Gasteiger partial charge in [0, 0.05) is 0 Å². The minimum Gasteiger partial charge on any atom is -0.476 e. The van der Waals surface area contributed by atoms with Gasteiger partial charge in [-0.1, -0.05) is 29.8 Å². The van der Waals surface area contributed by atoms with Crippen LogP contribution in [-0.4, -0.2) is 11.1 Å². The summed E-state index contributed by atoms with van der Waals surface area (Å²) in [5.74, 6) is -2.63. The first-order chi connectivity index (χ1) is 6.52. The molecule has 1 N–H and O–H groups in total. The lowest BCUT2D eigenvalue weighted by molar-refractivity contribution is -0.134. The average Bonchev–Trinajstić information content (AvgIpc) is 2.16. The van der Waals surface area contributed by atoms with Crippen molar-refractivity contribution in [3.05, 3.63) is 41.2 Å². The number of carboxylic acids is 1. The molecule has 1 aromatic rings. The second-order valence-corrected chi connectivity index (χ2v) is 3.11. The highest BCUT2D eigenvalue weighted by Gasteiger charge is 2.11. The monoisotopic (exact) mass is 194 g/mol. The van der Waals surface area contributed by atoms with Crippen molar-refractivity contribution in [3.8, 4) is 0 Å². The Balaban J connectivity index is 3.12. The average molecular weight is 194 g/mol. The highest BCUT2D eigenvalue weighted by molar-refractivity contribution is 5.93. The minimum atomic E-state index is -1.52. The fourth-order valence-corrected chi connectivity index (χ4v) is 1.09. The summed E-state index contributed by atoms with van der Waals surface area (Å²) in [4.78, 5) is 10.3. The van der Waals surface area contributed by atoms with Gasteiger partial charge in [-0.15, -0.1) is 0 Å². The zero-order chi connectivity index (χ0) is 10.7. The maximum atomic E-state index is 13.0. The molecule has 14 heavy (non-hydrogen) atoms. The highest BCUT2D eigenvalue weighted by atomic mass is 19.1. The number of benzene rings is 1. The molecule has 0 aromatic heterocycles. The van der Waals surface area contributed by atoms with E-state index in [4.69, 9.17) is 5.11 Å². The molecule has 0 aliphatic rings. The molecule has 0 aliphatic heterocycles. The van der Waals surface area contributed by atoms with Crippen LogP contribution in [0.1, 0.15) is 18.1 Å². The molecular formula is C11H11FO2. The number of carbonyl (C=O) groups is 1. The molecule has 0 radical (unpaired) electrons. The third-order valence-corrected chi connectivity index (χ3v) is 2.00. The number of aliphatic carboxylic acids is 1. The number of halogens is 1. The first-order valence-corrected chi connectivity index (χ1v) is 4.19. The van der Waals surface area contributed by atoms with Crippen LogP contribution in [0.25, 0.3) is 5.57 Å². The van der Waals surface area contributed by atoms with Crippen molar-refractivity contribution in [1.82, 2.24) is 0 Å². The van der Waals surface area contributed by atoms with Crippen LogP contribution in [0, 0.1) is 6.92 Å². The summed E-state index contributed by atoms with van der Waals surface area (Å²) in [6, 6.07) is 7.03. The van der Waals surface area contributed by atoms with Crippen LogP contribution in [0.4, 0.5) is 4.39 Å². The Morgan fingerprint density at radius 2 is 1.79 bits per heavy atom. The van der Waals surface area contributed by atoms with Crippen LogP contribution in [0.3, 0.4) is 0 Å². The standard InChI is InChI=1S/C11H11FO2/c1-7-3-5-9(6-4-7)8(2)10(12)11(13)14/h3-6H,1-2H3,(H,13,14). The van der Waals surface area contributed by atoms with Gasteiger partial charge in [-0.25, -0.2) is 4.79 Å². The van der Waals surface area contributed by atoms with E-state index in [-0.39, 0.29) is 5.57 Å². The Kier molecular flexibility index (Phi) is 3.02. The number of hydrogen-bond acceptors (Lipinski definition) is 1. The van der Waals surface area contributed by atoms with Crippen molar-refractivity contribution in [2.75, 3.05) is 0 Å². The van der Waals surface area contributed by atoms with Crippen LogP contribution in [0.5, 0.6) is 0 Å². The molecule has 0 aliphatic carbocycles. The Morgan fingerprint density at radius 1 is 1.29 bits per heavy atom. The molecular weight excluding hydrogens is 183 g/mol. The first-order valence-electron chi connectivity index (χ1n) is 4.19. The van der Waals surface area contributed by atoms with Gasteiger partial charge in [-0.3, -0.25) is 0 Å². The number of allylic oxidation sites excluding steroid dienone is 1. The molecule has 0 atom stereocenters. The van der Waals surface area contributed by atoms with Crippen molar-refractivity contribution in [2.45, 2.75) is 13.8 Å². The van der Waals surface area contributed by atoms with E-state index in [0.717, 1.165) is 5.56 Å². The molecule has 0 saturated carbocycles. The Labute approximate surface area is 81.7 Å². The Bertz CT molecular complexity index is 377. The second kappa shape index (κ2) is 4.05. The molecule has 0 heterocycles. The summed E-state index contributed by atoms with van der Waals surface area (Å²) in [6.45, 7) is 3.37. The Hall–Kier alpha value is -1.64. The van der Waals surface area contributed by atoms with Gasteiger partial charge in [0.05, 0.1) is 0 Å². The topological polar surface area (TPSA) is 37.3 Å². The number of rotatable bonds is 2. The zero-order valence-electron chi connectivity index (χ0n) is 8.04. The normalized spacial score (nSPS) is 12.2. The van der Waals surface area contributed by atoms with Crippen LogP contribution in [-0.2, 0) is 4.79 Å². The molecule has 0 bridgehead atoms. The van der Waals surface area contributed by atoms with E-state index in [1.54, 1.807) is 12.1 Å². The number of carboxylic acid groups (broad SMARTS) is 1. The second-order valence-electron chi connectivity index (χ2n) is 3.11. The van der Waals surface area contributed by atoms with Gasteiger partial charge in [0.2, 0.25) is 5.83 Å². The Morgan fingerprint density at radius 3 is 2.21 bits per heavy atom. The van der Waals surface area contributed by atoms with Gasteiger partial charge in [0.1, 0.15) is 0 Å². The van der Waals surface area contributed by atoms with E-state index in [1.165, 1.54) is 6.92 Å². The largest absolute Gasteiger partial charge is 0.476 e. The first kappa shape index (κ1) is 10.4. The summed E-state index contributed by atoms with van der Waals surface area (Å²) in [7, 11) is 0. The SMILES string of the molecule is CC(=C(F)C(=O)O)c1ccc(C)cc1. The maximum Gasteiger partial charge on any atom is 0.365 e. The molecule has 0 fully saturated rings. The number of hydrogen-bond donors (Lipinski definition) is 1. The van der Waals surface area contributed by atoms with Crippen molar-refractivity contribution >= 4 is 11.5 Å². The molecule has 3 heteroatoms. The van der Waals surface area contributed by atoms with Gasteiger partial charge in [0.15, 0.2) is 0 Å². The zero-order valence-corrected chi connectivity index (χ0v) is 8.04. The summed E-state index contributed by atoms with van der Waals surface area (Å²) in [5.41, 5.74) is 1.80. The smallest absolute Gasteiger partial charge is 0.365 e. The molecule has 74 valence electrons. The molecule has 0 saturated heterocycles. The molecule has 1 rings (SSSR count). The van der Waals surface area contributed by atoms with Gasteiger partial charge in [-0.05, 0) is 25.0 Å².